The van der Waals surface area contributed by atoms with Crippen LogP contribution in [0.15, 0.2) is 22.7 Å². The first-order valence-corrected chi connectivity index (χ1v) is 6.22. The van der Waals surface area contributed by atoms with E-state index in [9.17, 15) is 9.90 Å². The van der Waals surface area contributed by atoms with Gasteiger partial charge >= 0.3 is 0 Å². The lowest BCUT2D eigenvalue weighted by Gasteiger charge is -2.20. The quantitative estimate of drug-likeness (QED) is 0.833. The summed E-state index contributed by atoms with van der Waals surface area (Å²) in [5.74, 6) is -0.176. The SMILES string of the molecule is CCN(CC(N)=S)C(=O)c1ccc(Br)c(O)c1. The van der Waals surface area contributed by atoms with Gasteiger partial charge in [-0.05, 0) is 41.1 Å². The summed E-state index contributed by atoms with van der Waals surface area (Å²) in [6, 6.07) is 4.67. The summed E-state index contributed by atoms with van der Waals surface area (Å²) in [6.07, 6.45) is 0. The van der Waals surface area contributed by atoms with E-state index in [1.54, 1.807) is 12.1 Å². The van der Waals surface area contributed by atoms with Crippen molar-refractivity contribution in [3.05, 3.63) is 28.2 Å². The Bertz CT molecular complexity index is 451. The third-order valence-corrected chi connectivity index (χ3v) is 3.01. The van der Waals surface area contributed by atoms with Gasteiger partial charge < -0.3 is 15.7 Å². The van der Waals surface area contributed by atoms with Crippen LogP contribution in [0.3, 0.4) is 0 Å². The number of carbonyl (C=O) groups is 1. The Kier molecular flexibility index (Phi) is 4.89. The fraction of sp³-hybridized carbons (Fsp3) is 0.273. The number of rotatable bonds is 4. The van der Waals surface area contributed by atoms with Crippen molar-refractivity contribution in [2.75, 3.05) is 13.1 Å². The lowest BCUT2D eigenvalue weighted by Crippen LogP contribution is -2.37. The van der Waals surface area contributed by atoms with Crippen LogP contribution in [0.25, 0.3) is 0 Å². The standard InChI is InChI=1S/C11H13BrN2O2S/c1-2-14(6-10(13)17)11(16)7-3-4-8(12)9(15)5-7/h3-5,15H,2,6H2,1H3,(H2,13,17). The first-order chi connectivity index (χ1) is 7.95. The highest BCUT2D eigenvalue weighted by Crippen LogP contribution is 2.24. The summed E-state index contributed by atoms with van der Waals surface area (Å²) in [4.78, 5) is 13.8. The second-order valence-electron chi connectivity index (χ2n) is 3.45. The number of thiocarbonyl (C=S) groups is 1. The summed E-state index contributed by atoms with van der Waals surface area (Å²) in [5, 5.41) is 9.52. The third-order valence-electron chi connectivity index (χ3n) is 2.21. The number of nitrogens with two attached hydrogens (primary N) is 1. The van der Waals surface area contributed by atoms with E-state index in [-0.39, 0.29) is 23.2 Å². The first-order valence-electron chi connectivity index (χ1n) is 5.01. The molecule has 0 aromatic heterocycles. The van der Waals surface area contributed by atoms with E-state index in [1.165, 1.54) is 11.0 Å². The minimum absolute atomic E-state index is 0.0298. The zero-order valence-electron chi connectivity index (χ0n) is 9.31. The second-order valence-corrected chi connectivity index (χ2v) is 4.83. The fourth-order valence-corrected chi connectivity index (χ4v) is 1.75. The Morgan fingerprint density at radius 1 is 1.59 bits per heavy atom. The molecule has 1 aromatic carbocycles. The maximum atomic E-state index is 12.1. The molecule has 4 nitrogen and oxygen atoms in total. The molecule has 0 atom stereocenters. The molecule has 0 aliphatic rings. The van der Waals surface area contributed by atoms with Crippen LogP contribution in [0.5, 0.6) is 5.75 Å². The number of carbonyl (C=O) groups excluding carboxylic acids is 1. The van der Waals surface area contributed by atoms with E-state index >= 15 is 0 Å². The largest absolute Gasteiger partial charge is 0.507 e. The first kappa shape index (κ1) is 13.9. The molecular formula is C11H13BrN2O2S. The second kappa shape index (κ2) is 5.97. The van der Waals surface area contributed by atoms with Crippen LogP contribution in [0, 0.1) is 0 Å². The number of aromatic hydroxyl groups is 1. The molecule has 0 fully saturated rings. The summed E-state index contributed by atoms with van der Waals surface area (Å²) in [6.45, 7) is 2.59. The molecule has 0 saturated heterocycles. The van der Waals surface area contributed by atoms with E-state index in [0.29, 0.717) is 16.6 Å². The number of halogens is 1. The Balaban J connectivity index is 2.93. The Labute approximate surface area is 114 Å². The molecule has 92 valence electrons. The molecule has 17 heavy (non-hydrogen) atoms. The number of hydrogen-bond donors (Lipinski definition) is 2. The van der Waals surface area contributed by atoms with Gasteiger partial charge in [-0.3, -0.25) is 4.79 Å². The monoisotopic (exact) mass is 316 g/mol. The Morgan fingerprint density at radius 2 is 2.24 bits per heavy atom. The summed E-state index contributed by atoms with van der Waals surface area (Å²) < 4.78 is 0.548. The van der Waals surface area contributed by atoms with Gasteiger partial charge in [0.2, 0.25) is 0 Å². The molecule has 1 rings (SSSR count). The van der Waals surface area contributed by atoms with Gasteiger partial charge in [-0.2, -0.15) is 0 Å². The Morgan fingerprint density at radius 3 is 2.71 bits per heavy atom. The van der Waals surface area contributed by atoms with Crippen molar-refractivity contribution in [3.63, 3.8) is 0 Å². The number of amides is 1. The highest BCUT2D eigenvalue weighted by Gasteiger charge is 2.15. The fourth-order valence-electron chi connectivity index (χ4n) is 1.34. The third kappa shape index (κ3) is 3.67. The molecular weight excluding hydrogens is 304 g/mol. The summed E-state index contributed by atoms with van der Waals surface area (Å²) in [7, 11) is 0. The molecule has 3 N–H and O–H groups in total. The summed E-state index contributed by atoms with van der Waals surface area (Å²) in [5.41, 5.74) is 5.83. The smallest absolute Gasteiger partial charge is 0.254 e. The minimum atomic E-state index is -0.205. The van der Waals surface area contributed by atoms with Crippen molar-refractivity contribution >= 4 is 39.0 Å². The highest BCUT2D eigenvalue weighted by molar-refractivity contribution is 9.10. The normalized spacial score (nSPS) is 10.0. The van der Waals surface area contributed by atoms with Crippen LogP contribution in [0.1, 0.15) is 17.3 Å². The minimum Gasteiger partial charge on any atom is -0.507 e. The van der Waals surface area contributed by atoms with Gasteiger partial charge in [0.05, 0.1) is 16.0 Å². The molecule has 0 bridgehead atoms. The number of likely N-dealkylation sites (N-methyl/N-ethyl adjacent to an activating group) is 1. The molecule has 0 aliphatic heterocycles. The maximum absolute atomic E-state index is 12.1. The molecule has 0 radical (unpaired) electrons. The van der Waals surface area contributed by atoms with E-state index in [0.717, 1.165) is 0 Å². The van der Waals surface area contributed by atoms with E-state index in [4.69, 9.17) is 18.0 Å². The lowest BCUT2D eigenvalue weighted by molar-refractivity contribution is 0.0787. The molecule has 0 unspecified atom stereocenters. The van der Waals surface area contributed by atoms with Crippen LogP contribution in [-0.4, -0.2) is 34.0 Å². The van der Waals surface area contributed by atoms with Gasteiger partial charge in [0.1, 0.15) is 5.75 Å². The predicted molar refractivity (Wildman–Crippen MR) is 74.2 cm³/mol. The number of benzene rings is 1. The molecule has 6 heteroatoms. The van der Waals surface area contributed by atoms with Crippen molar-refractivity contribution < 1.29 is 9.90 Å². The van der Waals surface area contributed by atoms with Gasteiger partial charge in [-0.1, -0.05) is 12.2 Å². The van der Waals surface area contributed by atoms with E-state index in [1.807, 2.05) is 6.92 Å². The molecule has 1 aromatic rings. The molecule has 1 amide bonds. The van der Waals surface area contributed by atoms with Crippen LogP contribution in [0.2, 0.25) is 0 Å². The van der Waals surface area contributed by atoms with Crippen molar-refractivity contribution in [1.29, 1.82) is 0 Å². The Hall–Kier alpha value is -1.14. The topological polar surface area (TPSA) is 66.6 Å². The zero-order chi connectivity index (χ0) is 13.0. The van der Waals surface area contributed by atoms with E-state index < -0.39 is 0 Å². The average molecular weight is 317 g/mol. The predicted octanol–water partition coefficient (Wildman–Crippen LogP) is 1.90. The molecule has 0 spiro atoms. The lowest BCUT2D eigenvalue weighted by atomic mass is 10.2. The number of phenolic OH excluding ortho intramolecular Hbond substituents is 1. The maximum Gasteiger partial charge on any atom is 0.254 e. The average Bonchev–Trinajstić information content (AvgIpc) is 2.28. The van der Waals surface area contributed by atoms with Gasteiger partial charge in [0.25, 0.3) is 5.91 Å². The number of nitrogens with zero attached hydrogens (tertiary/aromatic N) is 1. The van der Waals surface area contributed by atoms with Gasteiger partial charge in [-0.25, -0.2) is 0 Å². The van der Waals surface area contributed by atoms with Gasteiger partial charge in [0, 0.05) is 12.1 Å². The van der Waals surface area contributed by atoms with Crippen molar-refractivity contribution in [2.45, 2.75) is 6.92 Å². The number of hydrogen-bond acceptors (Lipinski definition) is 3. The van der Waals surface area contributed by atoms with Gasteiger partial charge in [-0.15, -0.1) is 0 Å². The number of phenols is 1. The van der Waals surface area contributed by atoms with Crippen molar-refractivity contribution in [2.24, 2.45) is 5.73 Å². The van der Waals surface area contributed by atoms with Crippen LogP contribution in [-0.2, 0) is 0 Å². The summed E-state index contributed by atoms with van der Waals surface area (Å²) >= 11 is 7.94. The van der Waals surface area contributed by atoms with Crippen LogP contribution >= 0.6 is 28.1 Å². The molecule has 0 saturated carbocycles. The van der Waals surface area contributed by atoms with Gasteiger partial charge in [0.15, 0.2) is 0 Å². The highest BCUT2D eigenvalue weighted by atomic mass is 79.9. The van der Waals surface area contributed by atoms with Crippen LogP contribution < -0.4 is 5.73 Å². The molecule has 0 heterocycles. The molecule has 0 aliphatic carbocycles. The van der Waals surface area contributed by atoms with E-state index in [2.05, 4.69) is 15.9 Å². The van der Waals surface area contributed by atoms with Crippen molar-refractivity contribution in [1.82, 2.24) is 4.90 Å². The van der Waals surface area contributed by atoms with Crippen LogP contribution in [0.4, 0.5) is 0 Å². The van der Waals surface area contributed by atoms with Crippen molar-refractivity contribution in [3.8, 4) is 5.75 Å². The zero-order valence-corrected chi connectivity index (χ0v) is 11.7.